The van der Waals surface area contributed by atoms with Gasteiger partial charge in [-0.05, 0) is 42.5 Å². The molecule has 0 radical (unpaired) electrons. The number of rotatable bonds is 6. The summed E-state index contributed by atoms with van der Waals surface area (Å²) in [5.74, 6) is 0.263. The van der Waals surface area contributed by atoms with Crippen LogP contribution in [0.4, 0.5) is 35.6 Å². The number of carbonyl (C=O) groups is 2. The molecule has 0 spiro atoms. The summed E-state index contributed by atoms with van der Waals surface area (Å²) in [7, 11) is -8.59. The first-order chi connectivity index (χ1) is 15.7. The van der Waals surface area contributed by atoms with Crippen molar-refractivity contribution in [2.75, 3.05) is 17.7 Å². The summed E-state index contributed by atoms with van der Waals surface area (Å²) in [4.78, 5) is 25.4. The van der Waals surface area contributed by atoms with Crippen LogP contribution in [0.3, 0.4) is 0 Å². The highest BCUT2D eigenvalue weighted by atomic mass is 35.5. The second-order valence-electron chi connectivity index (χ2n) is 6.75. The predicted octanol–water partition coefficient (Wildman–Crippen LogP) is 7.19. The Balaban J connectivity index is 1.68. The number of pyridine rings is 1. The Labute approximate surface area is 195 Å². The lowest BCUT2D eigenvalue weighted by atomic mass is 10.3. The largest absolute Gasteiger partial charge is 0.457 e. The molecule has 0 aliphatic rings. The summed E-state index contributed by atoms with van der Waals surface area (Å²) < 4.78 is 71.1. The molecule has 0 saturated carbocycles. The van der Waals surface area contributed by atoms with E-state index in [1.165, 1.54) is 49.6 Å². The van der Waals surface area contributed by atoms with Gasteiger partial charge in [-0.3, -0.25) is 9.78 Å². The van der Waals surface area contributed by atoms with E-state index >= 15 is 0 Å². The second kappa shape index (κ2) is 8.33. The van der Waals surface area contributed by atoms with E-state index in [4.69, 9.17) is 16.3 Å². The summed E-state index contributed by atoms with van der Waals surface area (Å²) in [5.41, 5.74) is -0.289. The summed E-state index contributed by atoms with van der Waals surface area (Å²) >= 11 is 5.50. The van der Waals surface area contributed by atoms with Gasteiger partial charge < -0.3 is 20.7 Å². The average molecular weight is 523 g/mol. The number of halogens is 6. The van der Waals surface area contributed by atoms with Crippen molar-refractivity contribution in [1.29, 1.82) is 0 Å². The van der Waals surface area contributed by atoms with Crippen LogP contribution in [0.25, 0.3) is 0 Å². The van der Waals surface area contributed by atoms with E-state index in [9.17, 15) is 29.0 Å². The topological polar surface area (TPSA) is 92.4 Å². The first-order valence-corrected chi connectivity index (χ1v) is 11.6. The summed E-state index contributed by atoms with van der Waals surface area (Å²) in [6, 6.07) is 9.51. The lowest BCUT2D eigenvalue weighted by molar-refractivity contribution is 0.0957. The van der Waals surface area contributed by atoms with Crippen molar-refractivity contribution in [3.8, 4) is 11.5 Å². The van der Waals surface area contributed by atoms with Gasteiger partial charge in [-0.25, -0.2) is 4.79 Å². The molecule has 1 aromatic heterocycles. The number of carbonyl (C=O) groups excluding carboxylic acids is 2. The van der Waals surface area contributed by atoms with Crippen molar-refractivity contribution in [1.82, 2.24) is 10.3 Å². The van der Waals surface area contributed by atoms with E-state index in [-0.39, 0.29) is 17.4 Å². The maximum Gasteiger partial charge on any atom is 0.323 e. The van der Waals surface area contributed by atoms with Gasteiger partial charge >= 0.3 is 16.3 Å². The Morgan fingerprint density at radius 3 is 2.24 bits per heavy atom. The van der Waals surface area contributed by atoms with E-state index < -0.39 is 37.8 Å². The van der Waals surface area contributed by atoms with Crippen molar-refractivity contribution in [3.63, 3.8) is 0 Å². The quantitative estimate of drug-likeness (QED) is 0.299. The molecule has 0 saturated heterocycles. The summed E-state index contributed by atoms with van der Waals surface area (Å²) in [5, 5.41) is 5.45. The number of nitrogens with one attached hydrogen (secondary N) is 3. The molecule has 3 aromatic rings. The zero-order chi connectivity index (χ0) is 25.2. The standard InChI is InChI=1S/C20H16ClF5N4O3S/c1-27-19(31)16-11-14(9-10-28-16)33-13-7-5-12(6-8-13)29-20(32)30-15-3-2-4-17(18(15)21)34(22,23,24,25)26/h2-11H,1H3,(H,27,31)(H2,29,30,32). The van der Waals surface area contributed by atoms with Gasteiger partial charge in [0.2, 0.25) is 0 Å². The van der Waals surface area contributed by atoms with Gasteiger partial charge in [0.15, 0.2) is 0 Å². The fourth-order valence-corrected chi connectivity index (χ4v) is 4.05. The van der Waals surface area contributed by atoms with Crippen molar-refractivity contribution >= 4 is 45.1 Å². The Morgan fingerprint density at radius 1 is 0.941 bits per heavy atom. The molecule has 0 unspecified atom stereocenters. The van der Waals surface area contributed by atoms with Crippen LogP contribution in [-0.2, 0) is 0 Å². The molecule has 0 aliphatic heterocycles. The summed E-state index contributed by atoms with van der Waals surface area (Å²) in [6.07, 6.45) is 1.39. The van der Waals surface area contributed by atoms with Crippen LogP contribution in [-0.4, -0.2) is 24.0 Å². The predicted molar refractivity (Wildman–Crippen MR) is 120 cm³/mol. The molecular formula is C20H16ClF5N4O3S. The molecule has 0 atom stereocenters. The molecule has 14 heteroatoms. The van der Waals surface area contributed by atoms with E-state index in [1.54, 1.807) is 0 Å². The van der Waals surface area contributed by atoms with Crippen LogP contribution in [0.2, 0.25) is 5.02 Å². The molecule has 3 N–H and O–H groups in total. The van der Waals surface area contributed by atoms with E-state index in [2.05, 4.69) is 15.6 Å². The van der Waals surface area contributed by atoms with Gasteiger partial charge in [-0.2, -0.15) is 0 Å². The molecule has 34 heavy (non-hydrogen) atoms. The summed E-state index contributed by atoms with van der Waals surface area (Å²) in [6.45, 7) is 0. The lowest BCUT2D eigenvalue weighted by Crippen LogP contribution is -2.20. The molecule has 0 bridgehead atoms. The number of hydrogen-bond acceptors (Lipinski definition) is 4. The fraction of sp³-hybridized carbons (Fsp3) is 0.0500. The molecule has 0 aliphatic carbocycles. The minimum absolute atomic E-state index is 0.142. The lowest BCUT2D eigenvalue weighted by Gasteiger charge is -2.41. The molecular weight excluding hydrogens is 507 g/mol. The number of benzene rings is 2. The molecule has 0 fully saturated rings. The number of nitrogens with zero attached hydrogens (tertiary/aromatic N) is 1. The average Bonchev–Trinajstić information content (AvgIpc) is 2.74. The number of ether oxygens (including phenoxy) is 1. The highest BCUT2D eigenvalue weighted by Crippen LogP contribution is 3.02. The third-order valence-electron chi connectivity index (χ3n) is 4.17. The Bertz CT molecular complexity index is 1260. The van der Waals surface area contributed by atoms with Crippen LogP contribution >= 0.6 is 21.8 Å². The minimum Gasteiger partial charge on any atom is -0.457 e. The number of urea groups is 1. The van der Waals surface area contributed by atoms with Crippen LogP contribution in [0.5, 0.6) is 11.5 Å². The molecule has 182 valence electrons. The van der Waals surface area contributed by atoms with E-state index in [0.29, 0.717) is 17.6 Å². The molecule has 7 nitrogen and oxygen atoms in total. The SMILES string of the molecule is CNC(=O)c1cc(Oc2ccc(NC(=O)Nc3cccc(S(F)(F)(F)(F)F)c3Cl)cc2)ccn1. The number of amides is 3. The van der Waals surface area contributed by atoms with E-state index in [0.717, 1.165) is 6.07 Å². The highest BCUT2D eigenvalue weighted by Gasteiger charge is 2.66. The Hall–Kier alpha value is -3.58. The molecule has 2 aromatic carbocycles. The monoisotopic (exact) mass is 522 g/mol. The third-order valence-corrected chi connectivity index (χ3v) is 5.86. The van der Waals surface area contributed by atoms with Gasteiger partial charge in [0.25, 0.3) is 5.91 Å². The fourth-order valence-electron chi connectivity index (χ4n) is 2.66. The van der Waals surface area contributed by atoms with Crippen molar-refractivity contribution < 1.29 is 33.8 Å². The number of hydrogen-bond donors (Lipinski definition) is 3. The van der Waals surface area contributed by atoms with Crippen LogP contribution in [0, 0.1) is 0 Å². The normalized spacial score (nSPS) is 13.3. The third kappa shape index (κ3) is 6.26. The van der Waals surface area contributed by atoms with Crippen LogP contribution < -0.4 is 20.7 Å². The maximum absolute atomic E-state index is 13.1. The second-order valence-corrected chi connectivity index (χ2v) is 9.50. The molecule has 1 heterocycles. The first-order valence-electron chi connectivity index (χ1n) is 9.23. The zero-order valence-corrected chi connectivity index (χ0v) is 18.7. The first kappa shape index (κ1) is 25.1. The molecule has 3 amide bonds. The number of aromatic nitrogens is 1. The minimum atomic E-state index is -10.0. The van der Waals surface area contributed by atoms with Gasteiger partial charge in [0.1, 0.15) is 22.1 Å². The van der Waals surface area contributed by atoms with Gasteiger partial charge in [0.05, 0.1) is 10.7 Å². The molecule has 3 rings (SSSR count). The van der Waals surface area contributed by atoms with Crippen LogP contribution in [0.1, 0.15) is 10.5 Å². The van der Waals surface area contributed by atoms with Crippen molar-refractivity contribution in [3.05, 3.63) is 71.5 Å². The maximum atomic E-state index is 13.1. The number of anilines is 2. The van der Waals surface area contributed by atoms with Gasteiger partial charge in [-0.15, -0.1) is 0 Å². The smallest absolute Gasteiger partial charge is 0.323 e. The Kier molecular flexibility index (Phi) is 6.14. The van der Waals surface area contributed by atoms with E-state index in [1.807, 2.05) is 5.32 Å². The highest BCUT2D eigenvalue weighted by molar-refractivity contribution is 8.45. The zero-order valence-electron chi connectivity index (χ0n) is 17.1. The van der Waals surface area contributed by atoms with Gasteiger partial charge in [0, 0.05) is 25.0 Å². The van der Waals surface area contributed by atoms with Crippen molar-refractivity contribution in [2.24, 2.45) is 0 Å². The Morgan fingerprint density at radius 2 is 1.62 bits per heavy atom. The van der Waals surface area contributed by atoms with Crippen LogP contribution in [0.15, 0.2) is 65.7 Å². The van der Waals surface area contributed by atoms with Crippen molar-refractivity contribution in [2.45, 2.75) is 4.90 Å². The van der Waals surface area contributed by atoms with Gasteiger partial charge in [-0.1, -0.05) is 37.1 Å².